The summed E-state index contributed by atoms with van der Waals surface area (Å²) in [5, 5.41) is 3.59. The predicted molar refractivity (Wildman–Crippen MR) is 157 cm³/mol. The van der Waals surface area contributed by atoms with E-state index in [9.17, 15) is 18.0 Å². The molecule has 0 bridgehead atoms. The van der Waals surface area contributed by atoms with Crippen molar-refractivity contribution in [2.24, 2.45) is 0 Å². The maximum atomic E-state index is 13.9. The highest BCUT2D eigenvalue weighted by Crippen LogP contribution is 2.28. The molecule has 39 heavy (non-hydrogen) atoms. The second-order valence-corrected chi connectivity index (χ2v) is 12.0. The van der Waals surface area contributed by atoms with Crippen molar-refractivity contribution in [3.05, 3.63) is 93.5 Å². The standard InChI is InChI=1S/C29H33Cl2N3O4S/c1-5-16-32-29(36)22(4)33(18-23-12-13-24(30)17-26(23)31)28(35)19-34(27-9-7-6-8-21(27)3)39(37,38)25-14-10-20(2)11-15-25/h6-15,17,22H,5,16,18-19H2,1-4H3,(H,32,36)/t22-/m1/s1. The Hall–Kier alpha value is -3.07. The number of para-hydroxylation sites is 1. The van der Waals surface area contributed by atoms with Crippen LogP contribution in [-0.4, -0.2) is 44.3 Å². The zero-order chi connectivity index (χ0) is 28.7. The van der Waals surface area contributed by atoms with E-state index in [0.29, 0.717) is 33.4 Å². The Labute approximate surface area is 240 Å². The maximum Gasteiger partial charge on any atom is 0.264 e. The molecule has 0 saturated carbocycles. The Balaban J connectivity index is 2.05. The Morgan fingerprint density at radius 1 is 0.974 bits per heavy atom. The number of hydrogen-bond donors (Lipinski definition) is 1. The zero-order valence-corrected chi connectivity index (χ0v) is 24.8. The highest BCUT2D eigenvalue weighted by Gasteiger charge is 2.33. The first-order valence-electron chi connectivity index (χ1n) is 12.6. The molecule has 3 rings (SSSR count). The van der Waals surface area contributed by atoms with Crippen molar-refractivity contribution in [2.75, 3.05) is 17.4 Å². The minimum atomic E-state index is -4.13. The third-order valence-electron chi connectivity index (χ3n) is 6.34. The van der Waals surface area contributed by atoms with Gasteiger partial charge in [-0.1, -0.05) is 72.1 Å². The van der Waals surface area contributed by atoms with Gasteiger partial charge in [0, 0.05) is 23.1 Å². The Kier molecular flexibility index (Phi) is 10.4. The minimum Gasteiger partial charge on any atom is -0.354 e. The van der Waals surface area contributed by atoms with Gasteiger partial charge in [-0.2, -0.15) is 0 Å². The molecule has 0 spiro atoms. The zero-order valence-electron chi connectivity index (χ0n) is 22.4. The summed E-state index contributed by atoms with van der Waals surface area (Å²) < 4.78 is 28.9. The van der Waals surface area contributed by atoms with Crippen LogP contribution >= 0.6 is 23.2 Å². The van der Waals surface area contributed by atoms with E-state index in [-0.39, 0.29) is 17.3 Å². The van der Waals surface area contributed by atoms with E-state index in [1.807, 2.05) is 13.8 Å². The molecule has 1 atom stereocenters. The number of carbonyl (C=O) groups excluding carboxylic acids is 2. The van der Waals surface area contributed by atoms with Crippen LogP contribution in [0.1, 0.15) is 37.0 Å². The van der Waals surface area contributed by atoms with Crippen molar-refractivity contribution in [3.63, 3.8) is 0 Å². The first-order chi connectivity index (χ1) is 18.4. The van der Waals surface area contributed by atoms with E-state index >= 15 is 0 Å². The number of sulfonamides is 1. The van der Waals surface area contributed by atoms with Gasteiger partial charge in [0.25, 0.3) is 10.0 Å². The van der Waals surface area contributed by atoms with Gasteiger partial charge in [0.2, 0.25) is 11.8 Å². The van der Waals surface area contributed by atoms with Crippen molar-refractivity contribution in [2.45, 2.75) is 51.6 Å². The fourth-order valence-corrected chi connectivity index (χ4v) is 5.95. The Bertz CT molecular complexity index is 1430. The summed E-state index contributed by atoms with van der Waals surface area (Å²) in [7, 11) is -4.13. The topological polar surface area (TPSA) is 86.8 Å². The van der Waals surface area contributed by atoms with Gasteiger partial charge in [0.1, 0.15) is 12.6 Å². The summed E-state index contributed by atoms with van der Waals surface area (Å²) in [6.07, 6.45) is 0.727. The normalized spacial score (nSPS) is 12.1. The number of rotatable bonds is 11. The molecular weight excluding hydrogens is 557 g/mol. The smallest absolute Gasteiger partial charge is 0.264 e. The van der Waals surface area contributed by atoms with Crippen LogP contribution in [0.4, 0.5) is 5.69 Å². The van der Waals surface area contributed by atoms with Crippen LogP contribution in [0.15, 0.2) is 71.6 Å². The molecular formula is C29H33Cl2N3O4S. The molecule has 0 aromatic heterocycles. The molecule has 0 unspecified atom stereocenters. The van der Waals surface area contributed by atoms with Crippen LogP contribution < -0.4 is 9.62 Å². The molecule has 0 aliphatic carbocycles. The summed E-state index contributed by atoms with van der Waals surface area (Å²) in [5.74, 6) is -0.904. The molecule has 1 N–H and O–H groups in total. The molecule has 208 valence electrons. The van der Waals surface area contributed by atoms with Gasteiger partial charge in [0.05, 0.1) is 10.6 Å². The monoisotopic (exact) mass is 589 g/mol. The van der Waals surface area contributed by atoms with Gasteiger partial charge >= 0.3 is 0 Å². The van der Waals surface area contributed by atoms with Gasteiger partial charge in [-0.25, -0.2) is 8.42 Å². The van der Waals surface area contributed by atoms with Gasteiger partial charge in [-0.05, 0) is 68.7 Å². The number of nitrogens with zero attached hydrogens (tertiary/aromatic N) is 2. The third-order valence-corrected chi connectivity index (χ3v) is 8.71. The molecule has 0 heterocycles. The number of benzene rings is 3. The van der Waals surface area contributed by atoms with Crippen molar-refractivity contribution >= 4 is 50.7 Å². The van der Waals surface area contributed by atoms with E-state index in [1.165, 1.54) is 17.0 Å². The lowest BCUT2D eigenvalue weighted by molar-refractivity contribution is -0.139. The highest BCUT2D eigenvalue weighted by atomic mass is 35.5. The third kappa shape index (κ3) is 7.53. The SMILES string of the molecule is CCCNC(=O)[C@@H](C)N(Cc1ccc(Cl)cc1Cl)C(=O)CN(c1ccccc1C)S(=O)(=O)c1ccc(C)cc1. The molecule has 0 aliphatic heterocycles. The Morgan fingerprint density at radius 2 is 1.64 bits per heavy atom. The lowest BCUT2D eigenvalue weighted by Gasteiger charge is -2.32. The number of amides is 2. The number of nitrogens with one attached hydrogen (secondary N) is 1. The lowest BCUT2D eigenvalue weighted by atomic mass is 10.1. The second-order valence-electron chi connectivity index (χ2n) is 9.34. The predicted octanol–water partition coefficient (Wildman–Crippen LogP) is 5.75. The number of hydrogen-bond acceptors (Lipinski definition) is 4. The number of carbonyl (C=O) groups is 2. The van der Waals surface area contributed by atoms with E-state index in [0.717, 1.165) is 16.3 Å². The van der Waals surface area contributed by atoms with Crippen LogP contribution in [0, 0.1) is 13.8 Å². The second kappa shape index (κ2) is 13.3. The van der Waals surface area contributed by atoms with E-state index in [1.54, 1.807) is 68.4 Å². The van der Waals surface area contributed by atoms with E-state index in [2.05, 4.69) is 5.32 Å². The van der Waals surface area contributed by atoms with Crippen molar-refractivity contribution in [1.29, 1.82) is 0 Å². The largest absolute Gasteiger partial charge is 0.354 e. The van der Waals surface area contributed by atoms with Crippen LogP contribution in [0.2, 0.25) is 10.0 Å². The summed E-state index contributed by atoms with van der Waals surface area (Å²) in [6, 6.07) is 17.4. The summed E-state index contributed by atoms with van der Waals surface area (Å²) >= 11 is 12.5. The first kappa shape index (κ1) is 30.5. The minimum absolute atomic E-state index is 0.0122. The van der Waals surface area contributed by atoms with Crippen molar-refractivity contribution in [3.8, 4) is 0 Å². The molecule has 0 aliphatic rings. The van der Waals surface area contributed by atoms with Gasteiger partial charge < -0.3 is 10.2 Å². The fourth-order valence-electron chi connectivity index (χ4n) is 4.01. The average Bonchev–Trinajstić information content (AvgIpc) is 2.90. The maximum absolute atomic E-state index is 13.9. The quantitative estimate of drug-likeness (QED) is 0.308. The average molecular weight is 591 g/mol. The van der Waals surface area contributed by atoms with Crippen molar-refractivity contribution < 1.29 is 18.0 Å². The molecule has 3 aromatic carbocycles. The molecule has 0 radical (unpaired) electrons. The first-order valence-corrected chi connectivity index (χ1v) is 14.8. The van der Waals surface area contributed by atoms with Crippen molar-refractivity contribution in [1.82, 2.24) is 10.2 Å². The van der Waals surface area contributed by atoms with Crippen LogP contribution in [0.3, 0.4) is 0 Å². The van der Waals surface area contributed by atoms with Crippen LogP contribution in [0.25, 0.3) is 0 Å². The van der Waals surface area contributed by atoms with Crippen LogP contribution in [-0.2, 0) is 26.2 Å². The molecule has 0 fully saturated rings. The lowest BCUT2D eigenvalue weighted by Crippen LogP contribution is -2.51. The molecule has 2 amide bonds. The number of anilines is 1. The molecule has 7 nitrogen and oxygen atoms in total. The summed E-state index contributed by atoms with van der Waals surface area (Å²) in [4.78, 5) is 28.3. The molecule has 10 heteroatoms. The Morgan fingerprint density at radius 3 is 2.26 bits per heavy atom. The number of aryl methyl sites for hydroxylation is 2. The summed E-state index contributed by atoms with van der Waals surface area (Å²) in [5.41, 5.74) is 2.54. The highest BCUT2D eigenvalue weighted by molar-refractivity contribution is 7.92. The van der Waals surface area contributed by atoms with E-state index < -0.39 is 28.5 Å². The number of halogens is 2. The molecule has 3 aromatic rings. The molecule has 0 saturated heterocycles. The van der Waals surface area contributed by atoms with Gasteiger partial charge in [-0.3, -0.25) is 13.9 Å². The van der Waals surface area contributed by atoms with Gasteiger partial charge in [0.15, 0.2) is 0 Å². The van der Waals surface area contributed by atoms with E-state index in [4.69, 9.17) is 23.2 Å². The van der Waals surface area contributed by atoms with Crippen LogP contribution in [0.5, 0.6) is 0 Å². The fraction of sp³-hybridized carbons (Fsp3) is 0.310. The van der Waals surface area contributed by atoms with Gasteiger partial charge in [-0.15, -0.1) is 0 Å². The summed E-state index contributed by atoms with van der Waals surface area (Å²) in [6.45, 7) is 7.10.